The van der Waals surface area contributed by atoms with Crippen LogP contribution in [-0.2, 0) is 0 Å². The Morgan fingerprint density at radius 2 is 1.89 bits per heavy atom. The third-order valence-electron chi connectivity index (χ3n) is 5.50. The Bertz CT molecular complexity index is 1580. The van der Waals surface area contributed by atoms with E-state index in [1.807, 2.05) is 6.07 Å². The maximum absolute atomic E-state index is 14.6. The quantitative estimate of drug-likeness (QED) is 0.331. The average molecular weight is 497 g/mol. The van der Waals surface area contributed by atoms with E-state index in [9.17, 15) is 27.6 Å². The Morgan fingerprint density at radius 3 is 2.56 bits per heavy atom. The molecule has 4 rings (SSSR count). The van der Waals surface area contributed by atoms with Crippen LogP contribution in [0.5, 0.6) is 0 Å². The normalized spacial score (nSPS) is 12.0. The summed E-state index contributed by atoms with van der Waals surface area (Å²) in [6, 6.07) is 8.60. The lowest BCUT2D eigenvalue weighted by Crippen LogP contribution is -2.29. The fraction of sp³-hybridized carbons (Fsp3) is 0.167. The number of hydrogen-bond acceptors (Lipinski definition) is 7. The largest absolute Gasteiger partial charge is 0.397 e. The Labute approximate surface area is 201 Å². The van der Waals surface area contributed by atoms with E-state index in [-0.39, 0.29) is 46.3 Å². The van der Waals surface area contributed by atoms with Crippen molar-refractivity contribution < 1.29 is 17.6 Å². The summed E-state index contributed by atoms with van der Waals surface area (Å²) in [5, 5.41) is 12.1. The Morgan fingerprint density at radius 1 is 1.14 bits per heavy atom. The van der Waals surface area contributed by atoms with Crippen LogP contribution in [0.15, 0.2) is 47.3 Å². The SMILES string of the molecule is CCC(Nc1nc(N)cc(N)c1C#N)c1nc2cccc(F)c2c(=O)n1-c1cc(F)cc(C(F)F)c1. The van der Waals surface area contributed by atoms with Crippen molar-refractivity contribution in [2.45, 2.75) is 25.8 Å². The third-order valence-corrected chi connectivity index (χ3v) is 5.50. The van der Waals surface area contributed by atoms with E-state index in [0.717, 1.165) is 22.8 Å². The number of alkyl halides is 2. The van der Waals surface area contributed by atoms with E-state index in [2.05, 4.69) is 15.3 Å². The Kier molecular flexibility index (Phi) is 6.48. The summed E-state index contributed by atoms with van der Waals surface area (Å²) >= 11 is 0. The lowest BCUT2D eigenvalue weighted by atomic mass is 10.1. The van der Waals surface area contributed by atoms with Crippen molar-refractivity contribution in [3.63, 3.8) is 0 Å². The minimum absolute atomic E-state index is 0.00228. The maximum Gasteiger partial charge on any atom is 0.269 e. The van der Waals surface area contributed by atoms with Gasteiger partial charge in [-0.3, -0.25) is 9.36 Å². The summed E-state index contributed by atoms with van der Waals surface area (Å²) in [5.74, 6) is -1.95. The average Bonchev–Trinajstić information content (AvgIpc) is 2.81. The van der Waals surface area contributed by atoms with Gasteiger partial charge in [0.1, 0.15) is 46.1 Å². The molecule has 5 N–H and O–H groups in total. The van der Waals surface area contributed by atoms with Crippen LogP contribution in [0.3, 0.4) is 0 Å². The molecule has 12 heteroatoms. The van der Waals surface area contributed by atoms with Gasteiger partial charge in [0.2, 0.25) is 0 Å². The zero-order valence-electron chi connectivity index (χ0n) is 18.8. The van der Waals surface area contributed by atoms with Crippen LogP contribution >= 0.6 is 0 Å². The van der Waals surface area contributed by atoms with E-state index in [4.69, 9.17) is 11.5 Å². The molecule has 0 aliphatic heterocycles. The molecule has 0 fully saturated rings. The number of nitrogens with zero attached hydrogens (tertiary/aromatic N) is 4. The van der Waals surface area contributed by atoms with Crippen LogP contribution in [0.25, 0.3) is 16.6 Å². The highest BCUT2D eigenvalue weighted by molar-refractivity contribution is 5.79. The highest BCUT2D eigenvalue weighted by atomic mass is 19.3. The molecule has 2 heterocycles. The van der Waals surface area contributed by atoms with E-state index in [0.29, 0.717) is 6.07 Å². The molecule has 2 aromatic heterocycles. The molecule has 0 radical (unpaired) electrons. The number of nitrogens with two attached hydrogens (primary N) is 2. The van der Waals surface area contributed by atoms with Crippen LogP contribution in [0.4, 0.5) is 34.9 Å². The van der Waals surface area contributed by atoms with Crippen molar-refractivity contribution >= 4 is 28.2 Å². The van der Waals surface area contributed by atoms with E-state index < -0.39 is 40.6 Å². The molecule has 1 atom stereocenters. The van der Waals surface area contributed by atoms with Crippen LogP contribution in [-0.4, -0.2) is 14.5 Å². The van der Waals surface area contributed by atoms with E-state index >= 15 is 0 Å². The summed E-state index contributed by atoms with van der Waals surface area (Å²) in [5.41, 5.74) is 9.81. The summed E-state index contributed by atoms with van der Waals surface area (Å²) in [6.45, 7) is 1.71. The van der Waals surface area contributed by atoms with Gasteiger partial charge in [-0.25, -0.2) is 27.5 Å². The molecule has 0 saturated heterocycles. The van der Waals surface area contributed by atoms with Crippen molar-refractivity contribution in [3.8, 4) is 11.8 Å². The van der Waals surface area contributed by atoms with Crippen molar-refractivity contribution in [1.82, 2.24) is 14.5 Å². The molecular formula is C24H19F4N7O. The van der Waals surface area contributed by atoms with Crippen LogP contribution in [0, 0.1) is 23.0 Å². The first-order valence-electron chi connectivity index (χ1n) is 10.7. The van der Waals surface area contributed by atoms with Crippen LogP contribution in [0.2, 0.25) is 0 Å². The minimum atomic E-state index is -3.03. The zero-order valence-corrected chi connectivity index (χ0v) is 18.8. The van der Waals surface area contributed by atoms with Gasteiger partial charge in [-0.05, 0) is 36.8 Å². The number of nitriles is 1. The van der Waals surface area contributed by atoms with Gasteiger partial charge in [0.25, 0.3) is 12.0 Å². The topological polar surface area (TPSA) is 136 Å². The number of rotatable bonds is 6. The molecule has 8 nitrogen and oxygen atoms in total. The standard InChI is InChI=1S/C24H19F4N7O/c1-2-17(32-22-14(10-29)16(30)9-19(31)34-22)23-33-18-5-3-4-15(26)20(18)24(36)35(23)13-7-11(21(27)28)6-12(25)8-13/h3-9,17,21H,2H2,1H3,(H5,30,31,32,34). The summed E-state index contributed by atoms with van der Waals surface area (Å²) in [4.78, 5) is 22.0. The van der Waals surface area contributed by atoms with Crippen LogP contribution < -0.4 is 22.3 Å². The molecule has 4 aromatic rings. The van der Waals surface area contributed by atoms with E-state index in [1.54, 1.807) is 6.92 Å². The summed E-state index contributed by atoms with van der Waals surface area (Å²) in [7, 11) is 0. The lowest BCUT2D eigenvalue weighted by Gasteiger charge is -2.23. The van der Waals surface area contributed by atoms with Gasteiger partial charge in [-0.15, -0.1) is 0 Å². The third kappa shape index (κ3) is 4.38. The second-order valence-corrected chi connectivity index (χ2v) is 7.86. The molecule has 0 aliphatic rings. The van der Waals surface area contributed by atoms with Gasteiger partial charge in [0, 0.05) is 11.6 Å². The predicted molar refractivity (Wildman–Crippen MR) is 127 cm³/mol. The number of pyridine rings is 1. The first-order valence-corrected chi connectivity index (χ1v) is 10.7. The van der Waals surface area contributed by atoms with Gasteiger partial charge in [-0.2, -0.15) is 5.26 Å². The fourth-order valence-corrected chi connectivity index (χ4v) is 3.86. The second-order valence-electron chi connectivity index (χ2n) is 7.86. The Balaban J connectivity index is 2.02. The van der Waals surface area contributed by atoms with Crippen molar-refractivity contribution in [3.05, 3.63) is 81.4 Å². The maximum atomic E-state index is 14.6. The number of halogens is 4. The zero-order chi connectivity index (χ0) is 26.1. The molecule has 0 spiro atoms. The minimum Gasteiger partial charge on any atom is -0.397 e. The molecule has 0 aliphatic carbocycles. The molecular weight excluding hydrogens is 478 g/mol. The highest BCUT2D eigenvalue weighted by Crippen LogP contribution is 2.30. The monoisotopic (exact) mass is 497 g/mol. The molecule has 0 bridgehead atoms. The Hall–Kier alpha value is -4.66. The van der Waals surface area contributed by atoms with E-state index in [1.165, 1.54) is 18.2 Å². The predicted octanol–water partition coefficient (Wildman–Crippen LogP) is 4.60. The van der Waals surface area contributed by atoms with Gasteiger partial charge in [-0.1, -0.05) is 13.0 Å². The molecule has 0 amide bonds. The molecule has 2 aromatic carbocycles. The van der Waals surface area contributed by atoms with Crippen LogP contribution in [0.1, 0.15) is 42.8 Å². The molecule has 184 valence electrons. The number of anilines is 3. The van der Waals surface area contributed by atoms with Gasteiger partial charge in [0.15, 0.2) is 0 Å². The number of nitrogens with one attached hydrogen (secondary N) is 1. The second kappa shape index (κ2) is 9.53. The van der Waals surface area contributed by atoms with Gasteiger partial charge in [0.05, 0.1) is 22.9 Å². The number of fused-ring (bicyclic) bond motifs is 1. The number of nitrogen functional groups attached to an aromatic ring is 2. The first-order chi connectivity index (χ1) is 17.1. The number of benzene rings is 2. The van der Waals surface area contributed by atoms with Gasteiger partial charge < -0.3 is 16.8 Å². The number of aromatic nitrogens is 3. The summed E-state index contributed by atoms with van der Waals surface area (Å²) < 4.78 is 56.7. The molecule has 1 unspecified atom stereocenters. The van der Waals surface area contributed by atoms with Gasteiger partial charge >= 0.3 is 0 Å². The molecule has 36 heavy (non-hydrogen) atoms. The lowest BCUT2D eigenvalue weighted by molar-refractivity contribution is 0.151. The number of hydrogen-bond donors (Lipinski definition) is 3. The fourth-order valence-electron chi connectivity index (χ4n) is 3.86. The summed E-state index contributed by atoms with van der Waals surface area (Å²) in [6.07, 6.45) is -2.80. The van der Waals surface area contributed by atoms with Crippen molar-refractivity contribution in [1.29, 1.82) is 5.26 Å². The molecule has 0 saturated carbocycles. The first kappa shape index (κ1) is 24.5. The smallest absolute Gasteiger partial charge is 0.269 e. The van der Waals surface area contributed by atoms with Crippen molar-refractivity contribution in [2.75, 3.05) is 16.8 Å². The highest BCUT2D eigenvalue weighted by Gasteiger charge is 2.24. The van der Waals surface area contributed by atoms with Crippen molar-refractivity contribution in [2.24, 2.45) is 0 Å².